The number of rotatable bonds is 10. The van der Waals surface area contributed by atoms with Gasteiger partial charge in [0.25, 0.3) is 5.56 Å². The van der Waals surface area contributed by atoms with Gasteiger partial charge in [0.05, 0.1) is 19.7 Å². The zero-order valence-electron chi connectivity index (χ0n) is 22.7. The van der Waals surface area contributed by atoms with Gasteiger partial charge in [-0.15, -0.1) is 5.10 Å². The van der Waals surface area contributed by atoms with Gasteiger partial charge < -0.3 is 9.72 Å². The maximum atomic E-state index is 13.2. The molecule has 5 rings (SSSR count). The van der Waals surface area contributed by atoms with Crippen LogP contribution < -0.4 is 10.3 Å². The molecular formula is C30H38N6O2. The molecule has 0 bridgehead atoms. The zero-order chi connectivity index (χ0) is 26.5. The molecule has 8 nitrogen and oxygen atoms in total. The third-order valence-electron chi connectivity index (χ3n) is 7.93. The fraction of sp³-hybridized carbons (Fsp3) is 0.467. The molecule has 1 N–H and O–H groups in total. The minimum absolute atomic E-state index is 0.00317. The number of aromatic nitrogens is 5. The highest BCUT2D eigenvalue weighted by molar-refractivity contribution is 5.79. The summed E-state index contributed by atoms with van der Waals surface area (Å²) < 4.78 is 7.21. The van der Waals surface area contributed by atoms with Crippen molar-refractivity contribution in [1.82, 2.24) is 30.1 Å². The molecule has 0 saturated heterocycles. The molecule has 0 unspecified atom stereocenters. The van der Waals surface area contributed by atoms with Crippen molar-refractivity contribution < 1.29 is 4.74 Å². The Morgan fingerprint density at radius 3 is 2.53 bits per heavy atom. The van der Waals surface area contributed by atoms with Gasteiger partial charge in [-0.2, -0.15) is 0 Å². The number of nitrogens with one attached hydrogen (secondary N) is 1. The molecule has 1 aliphatic carbocycles. The lowest BCUT2D eigenvalue weighted by molar-refractivity contribution is 0.0844. The van der Waals surface area contributed by atoms with Crippen LogP contribution in [-0.4, -0.2) is 43.2 Å². The van der Waals surface area contributed by atoms with Crippen molar-refractivity contribution >= 4 is 10.9 Å². The Balaban J connectivity index is 1.48. The quantitative estimate of drug-likeness (QED) is 0.304. The first kappa shape index (κ1) is 26.1. The van der Waals surface area contributed by atoms with E-state index in [0.717, 1.165) is 59.3 Å². The van der Waals surface area contributed by atoms with Crippen molar-refractivity contribution in [2.75, 3.05) is 7.11 Å². The first-order chi connectivity index (χ1) is 18.6. The number of hydrogen-bond acceptors (Lipinski definition) is 6. The van der Waals surface area contributed by atoms with Crippen molar-refractivity contribution in [1.29, 1.82) is 0 Å². The van der Waals surface area contributed by atoms with Crippen LogP contribution in [0.5, 0.6) is 5.75 Å². The minimum atomic E-state index is -0.0183. The second-order valence-corrected chi connectivity index (χ2v) is 10.3. The fourth-order valence-electron chi connectivity index (χ4n) is 5.77. The summed E-state index contributed by atoms with van der Waals surface area (Å²) in [6.07, 6.45) is 7.76. The van der Waals surface area contributed by atoms with Crippen molar-refractivity contribution in [3.05, 3.63) is 81.4 Å². The molecule has 1 saturated carbocycles. The van der Waals surface area contributed by atoms with Gasteiger partial charge in [0.15, 0.2) is 5.82 Å². The second-order valence-electron chi connectivity index (χ2n) is 10.3. The Labute approximate surface area is 224 Å². The number of benzene rings is 2. The van der Waals surface area contributed by atoms with Crippen LogP contribution in [0.25, 0.3) is 10.9 Å². The number of nitrogens with zero attached hydrogens (tertiary/aromatic N) is 5. The molecule has 2 aromatic heterocycles. The fourth-order valence-corrected chi connectivity index (χ4v) is 5.77. The lowest BCUT2D eigenvalue weighted by atomic mass is 9.92. The number of fused-ring (bicyclic) bond motifs is 1. The van der Waals surface area contributed by atoms with E-state index in [0.29, 0.717) is 19.1 Å². The summed E-state index contributed by atoms with van der Waals surface area (Å²) >= 11 is 0. The standard InChI is InChI=1S/C30H38N6O2/c1-4-21-13-16-27-23(17-21)18-24(30(37)31-27)20-35(25-9-7-6-8-10-25)28(5-2)29-32-33-34-36(29)19-22-11-14-26(38-3)15-12-22/h11-18,25,28H,4-10,19-20H2,1-3H3,(H,31,37)/t28-/m1/s1. The van der Waals surface area contributed by atoms with E-state index >= 15 is 0 Å². The minimum Gasteiger partial charge on any atom is -0.497 e. The van der Waals surface area contributed by atoms with Gasteiger partial charge in [0.1, 0.15) is 5.75 Å². The average Bonchev–Trinajstić information content (AvgIpc) is 3.41. The van der Waals surface area contributed by atoms with Gasteiger partial charge in [-0.3, -0.25) is 9.69 Å². The second kappa shape index (κ2) is 11.9. The monoisotopic (exact) mass is 514 g/mol. The first-order valence-electron chi connectivity index (χ1n) is 13.9. The van der Waals surface area contributed by atoms with Crippen LogP contribution in [0, 0.1) is 0 Å². The molecule has 0 spiro atoms. The highest BCUT2D eigenvalue weighted by Crippen LogP contribution is 2.33. The smallest absolute Gasteiger partial charge is 0.252 e. The van der Waals surface area contributed by atoms with Crippen molar-refractivity contribution in [2.24, 2.45) is 0 Å². The van der Waals surface area contributed by atoms with Crippen LogP contribution in [0.1, 0.15) is 80.9 Å². The van der Waals surface area contributed by atoms with Gasteiger partial charge in [0.2, 0.25) is 0 Å². The van der Waals surface area contributed by atoms with E-state index < -0.39 is 0 Å². The molecule has 38 heavy (non-hydrogen) atoms. The van der Waals surface area contributed by atoms with E-state index in [9.17, 15) is 4.79 Å². The highest BCUT2D eigenvalue weighted by Gasteiger charge is 2.32. The molecule has 0 amide bonds. The number of hydrogen-bond donors (Lipinski definition) is 1. The zero-order valence-corrected chi connectivity index (χ0v) is 22.7. The number of methoxy groups -OCH3 is 1. The van der Waals surface area contributed by atoms with Crippen LogP contribution in [-0.2, 0) is 19.5 Å². The van der Waals surface area contributed by atoms with E-state index in [1.165, 1.54) is 24.8 Å². The molecule has 0 aliphatic heterocycles. The summed E-state index contributed by atoms with van der Waals surface area (Å²) in [6.45, 7) is 5.49. The molecule has 200 valence electrons. The number of aryl methyl sites for hydroxylation is 1. The van der Waals surface area contributed by atoms with E-state index in [1.54, 1.807) is 7.11 Å². The van der Waals surface area contributed by atoms with Crippen LogP contribution in [0.15, 0.2) is 53.3 Å². The van der Waals surface area contributed by atoms with E-state index in [-0.39, 0.29) is 11.6 Å². The van der Waals surface area contributed by atoms with Gasteiger partial charge in [0, 0.05) is 23.7 Å². The van der Waals surface area contributed by atoms with Gasteiger partial charge >= 0.3 is 0 Å². The van der Waals surface area contributed by atoms with Crippen LogP contribution in [0.4, 0.5) is 0 Å². The number of tetrazole rings is 1. The average molecular weight is 515 g/mol. The summed E-state index contributed by atoms with van der Waals surface area (Å²) in [7, 11) is 1.67. The third kappa shape index (κ3) is 5.65. The Morgan fingerprint density at radius 1 is 1.05 bits per heavy atom. The Hall–Kier alpha value is -3.52. The number of H-pyrrole nitrogens is 1. The van der Waals surface area contributed by atoms with Crippen LogP contribution >= 0.6 is 0 Å². The first-order valence-corrected chi connectivity index (χ1v) is 13.9. The van der Waals surface area contributed by atoms with E-state index in [2.05, 4.69) is 57.5 Å². The predicted octanol–water partition coefficient (Wildman–Crippen LogP) is 5.42. The Kier molecular flexibility index (Phi) is 8.17. The summed E-state index contributed by atoms with van der Waals surface area (Å²) in [4.78, 5) is 18.8. The molecule has 2 aromatic carbocycles. The van der Waals surface area contributed by atoms with E-state index in [1.807, 2.05) is 35.0 Å². The van der Waals surface area contributed by atoms with Crippen molar-refractivity contribution in [3.63, 3.8) is 0 Å². The lowest BCUT2D eigenvalue weighted by Gasteiger charge is -2.39. The van der Waals surface area contributed by atoms with Gasteiger partial charge in [-0.1, -0.05) is 51.3 Å². The maximum Gasteiger partial charge on any atom is 0.252 e. The summed E-state index contributed by atoms with van der Waals surface area (Å²) in [5.41, 5.74) is 4.04. The molecule has 1 aliphatic rings. The third-order valence-corrected chi connectivity index (χ3v) is 7.93. The highest BCUT2D eigenvalue weighted by atomic mass is 16.5. The molecule has 2 heterocycles. The van der Waals surface area contributed by atoms with Crippen LogP contribution in [0.3, 0.4) is 0 Å². The summed E-state index contributed by atoms with van der Waals surface area (Å²) in [5.74, 6) is 1.67. The Bertz CT molecular complexity index is 1400. The van der Waals surface area contributed by atoms with Crippen molar-refractivity contribution in [3.8, 4) is 5.75 Å². The number of pyridine rings is 1. The molecule has 8 heteroatoms. The maximum absolute atomic E-state index is 13.2. The molecule has 1 fully saturated rings. The lowest BCUT2D eigenvalue weighted by Crippen LogP contribution is -2.41. The van der Waals surface area contributed by atoms with Gasteiger partial charge in [-0.05, 0) is 83.0 Å². The van der Waals surface area contributed by atoms with E-state index in [4.69, 9.17) is 4.74 Å². The molecule has 0 radical (unpaired) electrons. The summed E-state index contributed by atoms with van der Waals surface area (Å²) in [5, 5.41) is 14.0. The molecule has 1 atom stereocenters. The number of ether oxygens (including phenoxy) is 1. The van der Waals surface area contributed by atoms with Crippen LogP contribution in [0.2, 0.25) is 0 Å². The van der Waals surface area contributed by atoms with Crippen molar-refractivity contribution in [2.45, 2.75) is 84.0 Å². The summed E-state index contributed by atoms with van der Waals surface area (Å²) in [6, 6.07) is 16.8. The normalized spacial score (nSPS) is 15.3. The molecular weight excluding hydrogens is 476 g/mol. The topological polar surface area (TPSA) is 88.9 Å². The number of aromatic amines is 1. The molecule has 4 aromatic rings. The van der Waals surface area contributed by atoms with Gasteiger partial charge in [-0.25, -0.2) is 4.68 Å². The SMILES string of the molecule is CCc1ccc2[nH]c(=O)c(CN(C3CCCCC3)[C@H](CC)c3nnnn3Cc3ccc(OC)cc3)cc2c1. The largest absolute Gasteiger partial charge is 0.497 e. The predicted molar refractivity (Wildman–Crippen MR) is 149 cm³/mol. The Morgan fingerprint density at radius 2 is 1.82 bits per heavy atom.